The molecule has 27 heavy (non-hydrogen) atoms. The van der Waals surface area contributed by atoms with Gasteiger partial charge in [-0.25, -0.2) is 0 Å². The first-order valence-corrected chi connectivity index (χ1v) is 9.17. The molecule has 2 aromatic carbocycles. The zero-order valence-corrected chi connectivity index (χ0v) is 16.2. The number of nitrogens with zero attached hydrogens (tertiary/aromatic N) is 1. The van der Waals surface area contributed by atoms with Crippen LogP contribution in [0.5, 0.6) is 0 Å². The predicted octanol–water partition coefficient (Wildman–Crippen LogP) is 4.44. The van der Waals surface area contributed by atoms with Crippen LogP contribution in [0.1, 0.15) is 27.2 Å². The summed E-state index contributed by atoms with van der Waals surface area (Å²) < 4.78 is 1.57. The van der Waals surface area contributed by atoms with Crippen molar-refractivity contribution in [1.29, 1.82) is 0 Å². The first kappa shape index (κ1) is 19.2. The Morgan fingerprint density at radius 3 is 2.26 bits per heavy atom. The Labute approximate surface area is 167 Å². The molecule has 0 aliphatic carbocycles. The molecule has 0 atom stereocenters. The lowest BCUT2D eigenvalue weighted by molar-refractivity contribution is 0.0948. The van der Waals surface area contributed by atoms with E-state index >= 15 is 0 Å². The number of carbonyl (C=O) groups excluding carboxylic acids is 1. The fraction of sp³-hybridized carbons (Fsp3) is 0.143. The Morgan fingerprint density at radius 1 is 0.963 bits per heavy atom. The number of hydrogen-bond donors (Lipinski definition) is 1. The van der Waals surface area contributed by atoms with Gasteiger partial charge in [0, 0.05) is 22.3 Å². The van der Waals surface area contributed by atoms with Crippen molar-refractivity contribution in [1.82, 2.24) is 9.88 Å². The number of benzene rings is 2. The van der Waals surface area contributed by atoms with Crippen LogP contribution in [-0.2, 0) is 13.1 Å². The van der Waals surface area contributed by atoms with E-state index in [1.165, 1.54) is 0 Å². The van der Waals surface area contributed by atoms with Crippen LogP contribution in [0, 0.1) is 6.92 Å². The SMILES string of the molecule is Cc1ccc(C(=O)NCc2cccc(Cl)c2)c(=O)n1Cc1cccc(Cl)c1. The molecule has 1 heterocycles. The molecule has 138 valence electrons. The van der Waals surface area contributed by atoms with Crippen LogP contribution in [-0.4, -0.2) is 10.5 Å². The van der Waals surface area contributed by atoms with Crippen LogP contribution >= 0.6 is 23.2 Å². The van der Waals surface area contributed by atoms with Gasteiger partial charge in [-0.1, -0.05) is 47.5 Å². The zero-order chi connectivity index (χ0) is 19.4. The van der Waals surface area contributed by atoms with E-state index in [0.717, 1.165) is 16.8 Å². The number of carbonyl (C=O) groups is 1. The minimum atomic E-state index is -0.417. The molecule has 0 spiro atoms. The maximum atomic E-state index is 12.8. The number of halogens is 2. The minimum Gasteiger partial charge on any atom is -0.348 e. The molecule has 1 aromatic heterocycles. The zero-order valence-electron chi connectivity index (χ0n) is 14.7. The summed E-state index contributed by atoms with van der Waals surface area (Å²) in [4.78, 5) is 25.3. The third kappa shape index (κ3) is 4.79. The maximum Gasteiger partial charge on any atom is 0.263 e. The molecule has 4 nitrogen and oxygen atoms in total. The van der Waals surface area contributed by atoms with Crippen molar-refractivity contribution in [2.24, 2.45) is 0 Å². The second-order valence-electron chi connectivity index (χ2n) is 6.22. The normalized spacial score (nSPS) is 10.6. The van der Waals surface area contributed by atoms with Crippen LogP contribution in [0.3, 0.4) is 0 Å². The van der Waals surface area contributed by atoms with Crippen LogP contribution in [0.2, 0.25) is 10.0 Å². The number of hydrogen-bond acceptors (Lipinski definition) is 2. The second-order valence-corrected chi connectivity index (χ2v) is 7.10. The largest absolute Gasteiger partial charge is 0.348 e. The lowest BCUT2D eigenvalue weighted by Crippen LogP contribution is -2.33. The number of aryl methyl sites for hydroxylation is 1. The molecule has 0 fully saturated rings. The fourth-order valence-corrected chi connectivity index (χ4v) is 3.21. The smallest absolute Gasteiger partial charge is 0.263 e. The van der Waals surface area contributed by atoms with E-state index in [9.17, 15) is 9.59 Å². The first-order valence-electron chi connectivity index (χ1n) is 8.41. The molecule has 0 aliphatic rings. The van der Waals surface area contributed by atoms with Crippen LogP contribution in [0.4, 0.5) is 0 Å². The van der Waals surface area contributed by atoms with Crippen molar-refractivity contribution in [2.75, 3.05) is 0 Å². The van der Waals surface area contributed by atoms with Crippen molar-refractivity contribution in [3.8, 4) is 0 Å². The molecule has 1 amide bonds. The van der Waals surface area contributed by atoms with Crippen molar-refractivity contribution in [3.05, 3.63) is 103 Å². The molecule has 3 rings (SSSR count). The lowest BCUT2D eigenvalue weighted by Gasteiger charge is -2.13. The third-order valence-corrected chi connectivity index (χ3v) is 4.68. The number of aromatic nitrogens is 1. The van der Waals surface area contributed by atoms with E-state index in [2.05, 4.69) is 5.32 Å². The van der Waals surface area contributed by atoms with Crippen molar-refractivity contribution >= 4 is 29.1 Å². The van der Waals surface area contributed by atoms with Crippen LogP contribution in [0.15, 0.2) is 65.5 Å². The molecule has 0 saturated heterocycles. The summed E-state index contributed by atoms with van der Waals surface area (Å²) in [5, 5.41) is 3.97. The summed E-state index contributed by atoms with van der Waals surface area (Å²) in [6.45, 7) is 2.47. The Morgan fingerprint density at radius 2 is 1.59 bits per heavy atom. The number of pyridine rings is 1. The molecule has 0 bridgehead atoms. The van der Waals surface area contributed by atoms with Gasteiger partial charge in [-0.05, 0) is 54.4 Å². The topological polar surface area (TPSA) is 51.1 Å². The van der Waals surface area contributed by atoms with E-state index < -0.39 is 5.91 Å². The Balaban J connectivity index is 1.81. The van der Waals surface area contributed by atoms with E-state index in [4.69, 9.17) is 23.2 Å². The van der Waals surface area contributed by atoms with Crippen molar-refractivity contribution < 1.29 is 4.79 Å². The van der Waals surface area contributed by atoms with Gasteiger partial charge in [0.1, 0.15) is 5.56 Å². The molecule has 0 radical (unpaired) electrons. The van der Waals surface area contributed by atoms with Gasteiger partial charge < -0.3 is 9.88 Å². The highest BCUT2D eigenvalue weighted by atomic mass is 35.5. The van der Waals surface area contributed by atoms with Crippen molar-refractivity contribution in [3.63, 3.8) is 0 Å². The number of nitrogens with one attached hydrogen (secondary N) is 1. The maximum absolute atomic E-state index is 12.8. The quantitative estimate of drug-likeness (QED) is 0.687. The Hall–Kier alpha value is -2.56. The molecule has 1 N–H and O–H groups in total. The molecular weight excluding hydrogens is 383 g/mol. The summed E-state index contributed by atoms with van der Waals surface area (Å²) in [6.07, 6.45) is 0. The standard InChI is InChI=1S/C21H18Cl2N2O2/c1-14-8-9-19(20(26)24-12-15-4-2-6-17(22)10-15)21(27)25(14)13-16-5-3-7-18(23)11-16/h2-11H,12-13H2,1H3,(H,24,26). The predicted molar refractivity (Wildman–Crippen MR) is 109 cm³/mol. The summed E-state index contributed by atoms with van der Waals surface area (Å²) >= 11 is 12.0. The monoisotopic (exact) mass is 400 g/mol. The van der Waals surface area contributed by atoms with Gasteiger partial charge >= 0.3 is 0 Å². The first-order chi connectivity index (χ1) is 12.9. The van der Waals surface area contributed by atoms with Gasteiger partial charge in [0.25, 0.3) is 11.5 Å². The van der Waals surface area contributed by atoms with E-state index in [0.29, 0.717) is 23.1 Å². The number of rotatable bonds is 5. The Kier molecular flexibility index (Phi) is 5.99. The fourth-order valence-electron chi connectivity index (χ4n) is 2.78. The van der Waals surface area contributed by atoms with Gasteiger partial charge in [-0.3, -0.25) is 9.59 Å². The van der Waals surface area contributed by atoms with Gasteiger partial charge in [-0.15, -0.1) is 0 Å². The molecule has 6 heteroatoms. The van der Waals surface area contributed by atoms with Gasteiger partial charge in [-0.2, -0.15) is 0 Å². The lowest BCUT2D eigenvalue weighted by atomic mass is 10.1. The van der Waals surface area contributed by atoms with E-state index in [-0.39, 0.29) is 11.1 Å². The number of amides is 1. The average Bonchev–Trinajstić information content (AvgIpc) is 2.63. The summed E-state index contributed by atoms with van der Waals surface area (Å²) in [5.74, 6) is -0.417. The summed E-state index contributed by atoms with van der Waals surface area (Å²) in [6, 6.07) is 17.8. The second kappa shape index (κ2) is 8.42. The van der Waals surface area contributed by atoms with Crippen LogP contribution < -0.4 is 10.9 Å². The van der Waals surface area contributed by atoms with Gasteiger partial charge in [0.15, 0.2) is 0 Å². The van der Waals surface area contributed by atoms with Gasteiger partial charge in [0.05, 0.1) is 6.54 Å². The third-order valence-electron chi connectivity index (χ3n) is 4.21. The molecule has 0 unspecified atom stereocenters. The minimum absolute atomic E-state index is 0.102. The Bertz CT molecular complexity index is 1040. The molecule has 3 aromatic rings. The highest BCUT2D eigenvalue weighted by Crippen LogP contribution is 2.13. The summed E-state index contributed by atoms with van der Waals surface area (Å²) in [7, 11) is 0. The molecule has 0 aliphatic heterocycles. The van der Waals surface area contributed by atoms with Crippen LogP contribution in [0.25, 0.3) is 0 Å². The molecule has 0 saturated carbocycles. The van der Waals surface area contributed by atoms with Crippen molar-refractivity contribution in [2.45, 2.75) is 20.0 Å². The summed E-state index contributed by atoms with van der Waals surface area (Å²) in [5.41, 5.74) is 2.29. The highest BCUT2D eigenvalue weighted by molar-refractivity contribution is 6.30. The average molecular weight is 401 g/mol. The van der Waals surface area contributed by atoms with E-state index in [1.807, 2.05) is 31.2 Å². The molecular formula is C21H18Cl2N2O2. The van der Waals surface area contributed by atoms with E-state index in [1.54, 1.807) is 41.0 Å². The van der Waals surface area contributed by atoms with Gasteiger partial charge in [0.2, 0.25) is 0 Å². The highest BCUT2D eigenvalue weighted by Gasteiger charge is 2.14.